The molecule has 1 rings (SSSR count). The summed E-state index contributed by atoms with van der Waals surface area (Å²) in [5.74, 6) is -0.745. The van der Waals surface area contributed by atoms with Gasteiger partial charge in [-0.2, -0.15) is 11.3 Å². The number of carbonyl (C=O) groups is 2. The number of hydrogen-bond acceptors (Lipinski definition) is 3. The highest BCUT2D eigenvalue weighted by Crippen LogP contribution is 2.05. The second-order valence-electron chi connectivity index (χ2n) is 4.30. The molecule has 3 N–H and O–H groups in total. The Kier molecular flexibility index (Phi) is 7.65. The number of rotatable bonds is 9. The second kappa shape index (κ2) is 9.38. The van der Waals surface area contributed by atoms with Crippen LogP contribution in [0.2, 0.25) is 0 Å². The lowest BCUT2D eigenvalue weighted by molar-refractivity contribution is -0.137. The van der Waals surface area contributed by atoms with E-state index in [0.29, 0.717) is 19.5 Å². The van der Waals surface area contributed by atoms with Crippen molar-refractivity contribution in [3.8, 4) is 0 Å². The quantitative estimate of drug-likeness (QED) is 0.610. The molecule has 0 bridgehead atoms. The topological polar surface area (TPSA) is 78.4 Å². The van der Waals surface area contributed by atoms with Crippen LogP contribution in [-0.2, 0) is 11.3 Å². The van der Waals surface area contributed by atoms with E-state index in [-0.39, 0.29) is 12.5 Å². The monoisotopic (exact) mass is 284 g/mol. The number of amides is 2. The maximum Gasteiger partial charge on any atom is 0.315 e. The van der Waals surface area contributed by atoms with Crippen LogP contribution in [0.1, 0.15) is 37.7 Å². The third-order valence-corrected chi connectivity index (χ3v) is 3.37. The van der Waals surface area contributed by atoms with E-state index in [1.54, 1.807) is 11.3 Å². The minimum Gasteiger partial charge on any atom is -0.481 e. The van der Waals surface area contributed by atoms with Crippen LogP contribution >= 0.6 is 11.3 Å². The van der Waals surface area contributed by atoms with Gasteiger partial charge in [0.05, 0.1) is 0 Å². The Bertz CT molecular complexity index is 379. The molecule has 6 heteroatoms. The van der Waals surface area contributed by atoms with Gasteiger partial charge in [-0.15, -0.1) is 0 Å². The molecule has 0 atom stereocenters. The van der Waals surface area contributed by atoms with Crippen molar-refractivity contribution in [1.82, 2.24) is 10.6 Å². The van der Waals surface area contributed by atoms with Crippen molar-refractivity contribution >= 4 is 23.3 Å². The molecule has 1 aromatic heterocycles. The molecule has 0 radical (unpaired) electrons. The van der Waals surface area contributed by atoms with E-state index >= 15 is 0 Å². The SMILES string of the molecule is O=C(O)CCCCCCNC(=O)NCc1ccsc1. The van der Waals surface area contributed by atoms with E-state index in [0.717, 1.165) is 24.8 Å². The third-order valence-electron chi connectivity index (χ3n) is 2.64. The molecule has 0 aliphatic heterocycles. The van der Waals surface area contributed by atoms with Crippen LogP contribution in [0, 0.1) is 0 Å². The molecule has 5 nitrogen and oxygen atoms in total. The Morgan fingerprint density at radius 3 is 2.63 bits per heavy atom. The first-order valence-corrected chi connectivity index (χ1v) is 7.37. The van der Waals surface area contributed by atoms with Gasteiger partial charge in [-0.05, 0) is 35.2 Å². The van der Waals surface area contributed by atoms with Crippen LogP contribution in [0.15, 0.2) is 16.8 Å². The molecule has 0 saturated heterocycles. The first kappa shape index (κ1) is 15.5. The first-order valence-electron chi connectivity index (χ1n) is 6.43. The van der Waals surface area contributed by atoms with Crippen LogP contribution in [0.4, 0.5) is 4.79 Å². The average Bonchev–Trinajstić information content (AvgIpc) is 2.88. The van der Waals surface area contributed by atoms with Crippen molar-refractivity contribution in [3.05, 3.63) is 22.4 Å². The highest BCUT2D eigenvalue weighted by atomic mass is 32.1. The number of unbranched alkanes of at least 4 members (excludes halogenated alkanes) is 3. The fourth-order valence-electron chi connectivity index (χ4n) is 1.59. The van der Waals surface area contributed by atoms with Gasteiger partial charge in [-0.25, -0.2) is 4.79 Å². The van der Waals surface area contributed by atoms with E-state index in [2.05, 4.69) is 10.6 Å². The van der Waals surface area contributed by atoms with Crippen molar-refractivity contribution in [3.63, 3.8) is 0 Å². The lowest BCUT2D eigenvalue weighted by Crippen LogP contribution is -2.35. The fourth-order valence-corrected chi connectivity index (χ4v) is 2.26. The number of carbonyl (C=O) groups excluding carboxylic acids is 1. The lowest BCUT2D eigenvalue weighted by Gasteiger charge is -2.06. The lowest BCUT2D eigenvalue weighted by atomic mass is 10.1. The summed E-state index contributed by atoms with van der Waals surface area (Å²) in [5, 5.41) is 18.0. The number of urea groups is 1. The minimum atomic E-state index is -0.745. The summed E-state index contributed by atoms with van der Waals surface area (Å²) in [6.07, 6.45) is 3.66. The van der Waals surface area contributed by atoms with Crippen molar-refractivity contribution in [2.45, 2.75) is 38.6 Å². The zero-order valence-corrected chi connectivity index (χ0v) is 11.7. The summed E-state index contributed by atoms with van der Waals surface area (Å²) in [5.41, 5.74) is 1.11. The van der Waals surface area contributed by atoms with Crippen LogP contribution in [0.25, 0.3) is 0 Å². The molecule has 106 valence electrons. The number of nitrogens with one attached hydrogen (secondary N) is 2. The average molecular weight is 284 g/mol. The molecule has 0 fully saturated rings. The number of carboxylic acid groups (broad SMARTS) is 1. The van der Waals surface area contributed by atoms with E-state index in [4.69, 9.17) is 5.11 Å². The van der Waals surface area contributed by atoms with Crippen LogP contribution in [-0.4, -0.2) is 23.7 Å². The Labute approximate surface area is 117 Å². The molecule has 2 amide bonds. The van der Waals surface area contributed by atoms with E-state index < -0.39 is 5.97 Å². The van der Waals surface area contributed by atoms with Gasteiger partial charge in [-0.1, -0.05) is 12.8 Å². The van der Waals surface area contributed by atoms with Gasteiger partial charge in [-0.3, -0.25) is 4.79 Å². The fraction of sp³-hybridized carbons (Fsp3) is 0.538. The maximum atomic E-state index is 11.4. The number of aliphatic carboxylic acids is 1. The molecule has 19 heavy (non-hydrogen) atoms. The zero-order chi connectivity index (χ0) is 13.9. The summed E-state index contributed by atoms with van der Waals surface area (Å²) >= 11 is 1.61. The van der Waals surface area contributed by atoms with Gasteiger partial charge in [0.25, 0.3) is 0 Å². The van der Waals surface area contributed by atoms with Crippen molar-refractivity contribution in [2.24, 2.45) is 0 Å². The summed E-state index contributed by atoms with van der Waals surface area (Å²) in [6, 6.07) is 1.82. The summed E-state index contributed by atoms with van der Waals surface area (Å²) in [6.45, 7) is 1.18. The van der Waals surface area contributed by atoms with Gasteiger partial charge in [0.15, 0.2) is 0 Å². The largest absolute Gasteiger partial charge is 0.481 e. The molecular weight excluding hydrogens is 264 g/mol. The first-order chi connectivity index (χ1) is 9.18. The van der Waals surface area contributed by atoms with E-state index in [9.17, 15) is 9.59 Å². The summed E-state index contributed by atoms with van der Waals surface area (Å²) in [4.78, 5) is 21.7. The van der Waals surface area contributed by atoms with Gasteiger partial charge in [0, 0.05) is 19.5 Å². The smallest absolute Gasteiger partial charge is 0.315 e. The van der Waals surface area contributed by atoms with Crippen molar-refractivity contribution < 1.29 is 14.7 Å². The summed E-state index contributed by atoms with van der Waals surface area (Å²) in [7, 11) is 0. The highest BCUT2D eigenvalue weighted by Gasteiger charge is 2.00. The second-order valence-corrected chi connectivity index (χ2v) is 5.08. The van der Waals surface area contributed by atoms with E-state index in [1.807, 2.05) is 16.8 Å². The predicted octanol–water partition coefficient (Wildman–Crippen LogP) is 2.58. The zero-order valence-electron chi connectivity index (χ0n) is 10.9. The van der Waals surface area contributed by atoms with Gasteiger partial charge in [0.1, 0.15) is 0 Å². The standard InChI is InChI=1S/C13H20N2O3S/c16-12(17)5-3-1-2-4-7-14-13(18)15-9-11-6-8-19-10-11/h6,8,10H,1-5,7,9H2,(H,16,17)(H2,14,15,18). The molecule has 1 heterocycles. The Hall–Kier alpha value is -1.56. The van der Waals surface area contributed by atoms with Crippen molar-refractivity contribution in [2.75, 3.05) is 6.54 Å². The molecule has 0 aliphatic carbocycles. The number of hydrogen-bond donors (Lipinski definition) is 3. The predicted molar refractivity (Wildman–Crippen MR) is 75.3 cm³/mol. The summed E-state index contributed by atoms with van der Waals surface area (Å²) < 4.78 is 0. The van der Waals surface area contributed by atoms with Crippen molar-refractivity contribution in [1.29, 1.82) is 0 Å². The van der Waals surface area contributed by atoms with Gasteiger partial charge in [0.2, 0.25) is 0 Å². The molecular formula is C13H20N2O3S. The molecule has 0 aromatic carbocycles. The highest BCUT2D eigenvalue weighted by molar-refractivity contribution is 7.07. The van der Waals surface area contributed by atoms with Crippen LogP contribution in [0.5, 0.6) is 0 Å². The molecule has 0 saturated carbocycles. The minimum absolute atomic E-state index is 0.156. The van der Waals surface area contributed by atoms with Gasteiger partial charge >= 0.3 is 12.0 Å². The third kappa shape index (κ3) is 8.20. The molecule has 1 aromatic rings. The Balaban J connectivity index is 1.91. The molecule has 0 spiro atoms. The molecule has 0 aliphatic rings. The Morgan fingerprint density at radius 2 is 1.95 bits per heavy atom. The maximum absolute atomic E-state index is 11.4. The Morgan fingerprint density at radius 1 is 1.16 bits per heavy atom. The number of thiophene rings is 1. The van der Waals surface area contributed by atoms with Crippen LogP contribution < -0.4 is 10.6 Å². The number of carboxylic acids is 1. The molecule has 0 unspecified atom stereocenters. The van der Waals surface area contributed by atoms with E-state index in [1.165, 1.54) is 0 Å². The van der Waals surface area contributed by atoms with Crippen LogP contribution in [0.3, 0.4) is 0 Å². The van der Waals surface area contributed by atoms with Gasteiger partial charge < -0.3 is 15.7 Å². The normalized spacial score (nSPS) is 10.1.